The molecule has 1 fully saturated rings. The van der Waals surface area contributed by atoms with Gasteiger partial charge in [-0.2, -0.15) is 5.10 Å². The molecular formula is C15H20N4O3S. The molecule has 1 saturated heterocycles. The highest BCUT2D eigenvalue weighted by Crippen LogP contribution is 2.11. The Bertz CT molecular complexity index is 724. The van der Waals surface area contributed by atoms with Crippen LogP contribution in [0.1, 0.15) is 0 Å². The molecule has 1 aliphatic rings. The molecular weight excluding hydrogens is 316 g/mol. The second-order valence-corrected chi connectivity index (χ2v) is 7.07. The number of hydrogen-bond acceptors (Lipinski definition) is 5. The van der Waals surface area contributed by atoms with Crippen LogP contribution in [0.15, 0.2) is 47.6 Å². The number of ether oxygens (including phenoxy) is 1. The second kappa shape index (κ2) is 7.22. The van der Waals surface area contributed by atoms with E-state index in [0.29, 0.717) is 26.3 Å². The predicted octanol–water partition coefficient (Wildman–Crippen LogP) is 0.483. The predicted molar refractivity (Wildman–Crippen MR) is 86.0 cm³/mol. The van der Waals surface area contributed by atoms with E-state index in [4.69, 9.17) is 4.74 Å². The van der Waals surface area contributed by atoms with Crippen molar-refractivity contribution in [2.45, 2.75) is 4.90 Å². The smallest absolute Gasteiger partial charge is 0.243 e. The van der Waals surface area contributed by atoms with E-state index in [1.54, 1.807) is 4.68 Å². The van der Waals surface area contributed by atoms with Gasteiger partial charge in [-0.05, 0) is 12.1 Å². The highest BCUT2D eigenvalue weighted by molar-refractivity contribution is 7.89. The molecule has 0 radical (unpaired) electrons. The van der Waals surface area contributed by atoms with Crippen molar-refractivity contribution in [1.82, 2.24) is 19.4 Å². The van der Waals surface area contributed by atoms with Crippen molar-refractivity contribution in [2.24, 2.45) is 0 Å². The van der Waals surface area contributed by atoms with Crippen molar-refractivity contribution in [2.75, 3.05) is 39.4 Å². The van der Waals surface area contributed by atoms with Gasteiger partial charge in [-0.25, -0.2) is 17.8 Å². The fraction of sp³-hybridized carbons (Fsp3) is 0.400. The summed E-state index contributed by atoms with van der Waals surface area (Å²) >= 11 is 0. The van der Waals surface area contributed by atoms with Gasteiger partial charge in [0.15, 0.2) is 0 Å². The Morgan fingerprint density at radius 2 is 1.91 bits per heavy atom. The van der Waals surface area contributed by atoms with Gasteiger partial charge in [-0.3, -0.25) is 4.90 Å². The molecule has 23 heavy (non-hydrogen) atoms. The van der Waals surface area contributed by atoms with Gasteiger partial charge < -0.3 is 4.74 Å². The first-order valence-electron chi connectivity index (χ1n) is 7.55. The number of rotatable bonds is 6. The molecule has 7 nitrogen and oxygen atoms in total. The van der Waals surface area contributed by atoms with Gasteiger partial charge in [-0.15, -0.1) is 0 Å². The molecule has 1 aromatic heterocycles. The second-order valence-electron chi connectivity index (χ2n) is 5.31. The summed E-state index contributed by atoms with van der Waals surface area (Å²) in [6.07, 6.45) is 2.89. The SMILES string of the molecule is O=S(=O)(NCCN1CCOCC1)c1cnn(-c2ccccc2)c1. The number of hydrogen-bond donors (Lipinski definition) is 1. The fourth-order valence-corrected chi connectivity index (χ4v) is 3.36. The van der Waals surface area contributed by atoms with Crippen molar-refractivity contribution in [1.29, 1.82) is 0 Å². The maximum absolute atomic E-state index is 12.3. The molecule has 3 rings (SSSR count). The molecule has 0 atom stereocenters. The van der Waals surface area contributed by atoms with E-state index in [1.165, 1.54) is 12.4 Å². The molecule has 2 aromatic rings. The zero-order valence-corrected chi connectivity index (χ0v) is 13.6. The minimum Gasteiger partial charge on any atom is -0.379 e. The topological polar surface area (TPSA) is 76.5 Å². The zero-order chi connectivity index (χ0) is 16.1. The number of sulfonamides is 1. The number of benzene rings is 1. The third kappa shape index (κ3) is 4.17. The Morgan fingerprint density at radius 1 is 1.17 bits per heavy atom. The quantitative estimate of drug-likeness (QED) is 0.830. The minimum atomic E-state index is -3.54. The van der Waals surface area contributed by atoms with Gasteiger partial charge in [0.05, 0.1) is 31.3 Å². The van der Waals surface area contributed by atoms with Crippen LogP contribution in [-0.4, -0.2) is 62.5 Å². The first-order valence-corrected chi connectivity index (χ1v) is 9.03. The average molecular weight is 336 g/mol. The molecule has 0 unspecified atom stereocenters. The van der Waals surface area contributed by atoms with Crippen LogP contribution in [0.2, 0.25) is 0 Å². The Balaban J connectivity index is 1.60. The van der Waals surface area contributed by atoms with E-state index in [-0.39, 0.29) is 4.90 Å². The van der Waals surface area contributed by atoms with E-state index in [1.807, 2.05) is 30.3 Å². The lowest BCUT2D eigenvalue weighted by atomic mass is 10.3. The van der Waals surface area contributed by atoms with E-state index in [0.717, 1.165) is 18.8 Å². The number of para-hydroxylation sites is 1. The van der Waals surface area contributed by atoms with Gasteiger partial charge >= 0.3 is 0 Å². The lowest BCUT2D eigenvalue weighted by Gasteiger charge is -2.26. The van der Waals surface area contributed by atoms with Crippen molar-refractivity contribution in [3.05, 3.63) is 42.7 Å². The van der Waals surface area contributed by atoms with E-state index in [9.17, 15) is 8.42 Å². The number of morpholine rings is 1. The van der Waals surface area contributed by atoms with Crippen molar-refractivity contribution >= 4 is 10.0 Å². The van der Waals surface area contributed by atoms with Crippen LogP contribution in [0, 0.1) is 0 Å². The summed E-state index contributed by atoms with van der Waals surface area (Å²) in [5.74, 6) is 0. The van der Waals surface area contributed by atoms with Gasteiger partial charge in [0.2, 0.25) is 10.0 Å². The molecule has 2 heterocycles. The summed E-state index contributed by atoms with van der Waals surface area (Å²) in [6.45, 7) is 4.14. The Labute approximate surface area is 135 Å². The Hall–Kier alpha value is -1.74. The van der Waals surface area contributed by atoms with Crippen molar-refractivity contribution in [3.8, 4) is 5.69 Å². The van der Waals surface area contributed by atoms with Crippen LogP contribution < -0.4 is 4.72 Å². The van der Waals surface area contributed by atoms with Gasteiger partial charge in [0.1, 0.15) is 4.90 Å². The maximum atomic E-state index is 12.3. The van der Waals surface area contributed by atoms with Gasteiger partial charge in [-0.1, -0.05) is 18.2 Å². The van der Waals surface area contributed by atoms with Crippen LogP contribution in [0.25, 0.3) is 5.69 Å². The lowest BCUT2D eigenvalue weighted by Crippen LogP contribution is -2.41. The molecule has 1 aromatic carbocycles. The molecule has 0 saturated carbocycles. The molecule has 8 heteroatoms. The van der Waals surface area contributed by atoms with Crippen LogP contribution in [0.3, 0.4) is 0 Å². The number of aromatic nitrogens is 2. The molecule has 1 aliphatic heterocycles. The summed E-state index contributed by atoms with van der Waals surface area (Å²) in [5.41, 5.74) is 0.822. The highest BCUT2D eigenvalue weighted by atomic mass is 32.2. The first-order chi connectivity index (χ1) is 11.1. The average Bonchev–Trinajstić information content (AvgIpc) is 3.07. The number of nitrogens with zero attached hydrogens (tertiary/aromatic N) is 3. The number of nitrogens with one attached hydrogen (secondary N) is 1. The van der Waals surface area contributed by atoms with E-state index >= 15 is 0 Å². The summed E-state index contributed by atoms with van der Waals surface area (Å²) in [6, 6.07) is 9.40. The molecule has 0 bridgehead atoms. The van der Waals surface area contributed by atoms with Crippen LogP contribution in [-0.2, 0) is 14.8 Å². The summed E-state index contributed by atoms with van der Waals surface area (Å²) in [5, 5.41) is 4.12. The molecule has 124 valence electrons. The third-order valence-corrected chi connectivity index (χ3v) is 5.13. The Morgan fingerprint density at radius 3 is 2.65 bits per heavy atom. The normalized spacial score (nSPS) is 16.5. The Kier molecular flexibility index (Phi) is 5.06. The van der Waals surface area contributed by atoms with E-state index < -0.39 is 10.0 Å². The van der Waals surface area contributed by atoms with Gasteiger partial charge in [0, 0.05) is 26.2 Å². The molecule has 0 amide bonds. The molecule has 0 aliphatic carbocycles. The lowest BCUT2D eigenvalue weighted by molar-refractivity contribution is 0.0390. The fourth-order valence-electron chi connectivity index (χ4n) is 2.41. The first kappa shape index (κ1) is 16.1. The minimum absolute atomic E-state index is 0.170. The zero-order valence-electron chi connectivity index (χ0n) is 12.8. The van der Waals surface area contributed by atoms with Crippen molar-refractivity contribution in [3.63, 3.8) is 0 Å². The largest absolute Gasteiger partial charge is 0.379 e. The molecule has 1 N–H and O–H groups in total. The summed E-state index contributed by atoms with van der Waals surface area (Å²) < 4.78 is 34.1. The van der Waals surface area contributed by atoms with Crippen LogP contribution in [0.4, 0.5) is 0 Å². The van der Waals surface area contributed by atoms with Crippen LogP contribution >= 0.6 is 0 Å². The third-order valence-electron chi connectivity index (χ3n) is 3.71. The van der Waals surface area contributed by atoms with E-state index in [2.05, 4.69) is 14.7 Å². The van der Waals surface area contributed by atoms with Gasteiger partial charge in [0.25, 0.3) is 0 Å². The maximum Gasteiger partial charge on any atom is 0.243 e. The highest BCUT2D eigenvalue weighted by Gasteiger charge is 2.17. The standard InChI is InChI=1S/C15H20N4O3S/c20-23(21,17-6-7-18-8-10-22-11-9-18)15-12-16-19(13-15)14-4-2-1-3-5-14/h1-5,12-13,17H,6-11H2. The van der Waals surface area contributed by atoms with Crippen molar-refractivity contribution < 1.29 is 13.2 Å². The van der Waals surface area contributed by atoms with Crippen LogP contribution in [0.5, 0.6) is 0 Å². The summed E-state index contributed by atoms with van der Waals surface area (Å²) in [7, 11) is -3.54. The monoisotopic (exact) mass is 336 g/mol. The molecule has 0 spiro atoms. The summed E-state index contributed by atoms with van der Waals surface area (Å²) in [4.78, 5) is 2.35.